The van der Waals surface area contributed by atoms with Gasteiger partial charge in [0.25, 0.3) is 0 Å². The number of hydrogen-bond acceptors (Lipinski definition) is 5. The zero-order valence-corrected chi connectivity index (χ0v) is 37.9. The fourth-order valence-electron chi connectivity index (χ4n) is 5.50. The molecule has 0 rings (SSSR count). The van der Waals surface area contributed by atoms with Crippen molar-refractivity contribution in [1.29, 1.82) is 0 Å². The molecule has 0 aromatic carbocycles. The van der Waals surface area contributed by atoms with Crippen molar-refractivity contribution in [1.82, 2.24) is 0 Å². The first-order valence-corrected chi connectivity index (χ1v) is 19.7. The van der Waals surface area contributed by atoms with E-state index in [4.69, 9.17) is 22.3 Å². The van der Waals surface area contributed by atoms with E-state index in [-0.39, 0.29) is 103 Å². The van der Waals surface area contributed by atoms with Gasteiger partial charge in [-0.15, -0.1) is 0 Å². The average Bonchev–Trinajstić information content (AvgIpc) is 2.90. The maximum atomic E-state index is 8.52. The molecule has 0 unspecified atom stereocenters. The first kappa shape index (κ1) is 53.9. The van der Waals surface area contributed by atoms with Crippen LogP contribution in [0.5, 0.6) is 0 Å². The Bertz CT molecular complexity index is 559. The molecule has 0 saturated carbocycles. The molecule has 0 amide bonds. The predicted octanol–water partition coefficient (Wildman–Crippen LogP) is 5.91. The van der Waals surface area contributed by atoms with E-state index in [2.05, 4.69) is 27.7 Å². The smallest absolute Gasteiger partial charge is 0.759 e. The summed E-state index contributed by atoms with van der Waals surface area (Å²) in [7, 11) is -5.17. The van der Waals surface area contributed by atoms with Crippen LogP contribution in [0.1, 0.15) is 207 Å². The molecule has 0 aliphatic heterocycles. The molecule has 0 aromatic rings. The van der Waals surface area contributed by atoms with Crippen molar-refractivity contribution < 1.29 is 125 Å². The first-order chi connectivity index (χ1) is 20.1. The second-order valence-corrected chi connectivity index (χ2v) is 14.4. The van der Waals surface area contributed by atoms with Gasteiger partial charge in [-0.05, 0) is 24.7 Å². The van der Waals surface area contributed by atoms with Crippen molar-refractivity contribution in [3.8, 4) is 0 Å². The maximum absolute atomic E-state index is 8.52. The van der Waals surface area contributed by atoms with Crippen LogP contribution in [-0.2, 0) is 15.1 Å². The van der Waals surface area contributed by atoms with Crippen LogP contribution >= 0.6 is 0 Å². The Hall–Kier alpha value is 3.10. The Morgan fingerprint density at radius 2 is 0.545 bits per heavy atom. The molecule has 256 valence electrons. The molecule has 5 nitrogen and oxygen atoms in total. The summed E-state index contributed by atoms with van der Waals surface area (Å²) in [6, 6.07) is 0. The third kappa shape index (κ3) is 63.7. The molecular formula is C36H74K2O5S. The Balaban J connectivity index is -0.00000105. The van der Waals surface area contributed by atoms with Gasteiger partial charge in [-0.1, -0.05) is 195 Å². The van der Waals surface area contributed by atoms with Gasteiger partial charge in [-0.25, -0.2) is 0 Å². The van der Waals surface area contributed by atoms with E-state index < -0.39 is 10.4 Å². The Morgan fingerprint density at radius 1 is 0.386 bits per heavy atom. The summed E-state index contributed by atoms with van der Waals surface area (Å²) < 4.78 is 40.0. The van der Waals surface area contributed by atoms with E-state index in [1.54, 1.807) is 0 Å². The molecule has 0 aromatic heterocycles. The van der Waals surface area contributed by atoms with Crippen LogP contribution in [-0.4, -0.2) is 30.7 Å². The van der Waals surface area contributed by atoms with Gasteiger partial charge in [0.2, 0.25) is 0 Å². The molecule has 0 atom stereocenters. The third-order valence-corrected chi connectivity index (χ3v) is 8.14. The Labute approximate surface area is 362 Å². The van der Waals surface area contributed by atoms with Crippen LogP contribution in [0, 0.1) is 11.8 Å². The molecule has 0 aliphatic carbocycles. The van der Waals surface area contributed by atoms with Crippen LogP contribution in [0.3, 0.4) is 0 Å². The van der Waals surface area contributed by atoms with Gasteiger partial charge in [-0.3, -0.25) is 8.42 Å². The van der Waals surface area contributed by atoms with Gasteiger partial charge in [0, 0.05) is 23.6 Å². The molecular weight excluding hydrogens is 623 g/mol. The van der Waals surface area contributed by atoms with Crippen molar-refractivity contribution in [3.63, 3.8) is 0 Å². The normalized spacial score (nSPS) is 11.3. The molecule has 0 heterocycles. The van der Waals surface area contributed by atoms with Crippen molar-refractivity contribution in [2.75, 3.05) is 13.2 Å². The molecule has 8 heteroatoms. The number of ether oxygens (including phenoxy) is 1. The molecule has 0 bridgehead atoms. The van der Waals surface area contributed by atoms with Crippen molar-refractivity contribution in [3.05, 3.63) is 0 Å². The van der Waals surface area contributed by atoms with E-state index in [9.17, 15) is 0 Å². The zero-order valence-electron chi connectivity index (χ0n) is 30.8. The van der Waals surface area contributed by atoms with E-state index in [0.29, 0.717) is 0 Å². The summed E-state index contributed by atoms with van der Waals surface area (Å²) in [6.45, 7) is 11.4. The van der Waals surface area contributed by atoms with Gasteiger partial charge in [-0.2, -0.15) is 0 Å². The number of rotatable bonds is 32. The minimum absolute atomic E-state index is 0. The molecule has 0 saturated heterocycles. The topological polar surface area (TPSA) is 89.5 Å². The molecule has 0 fully saturated rings. The van der Waals surface area contributed by atoms with Gasteiger partial charge in [0.15, 0.2) is 0 Å². The standard InChI is InChI=1S/C36H74O.2K.H2O4S/c1-35(2)31-27-23-19-15-11-7-5-9-13-17-21-25-29-33-37-34-30-26-22-18-14-10-6-8-12-16-20-24-28-32-36(3)4;;;1-5(2,3)4/h35-36H,5-34H2,1-4H3;;;(H2,1,2,3,4)/q;2*+1;/p-2. The van der Waals surface area contributed by atoms with Crippen LogP contribution in [0.25, 0.3) is 0 Å². The first-order valence-electron chi connectivity index (χ1n) is 18.4. The fraction of sp³-hybridized carbons (Fsp3) is 1.00. The monoisotopic (exact) mass is 696 g/mol. The third-order valence-electron chi connectivity index (χ3n) is 8.14. The van der Waals surface area contributed by atoms with Gasteiger partial charge >= 0.3 is 103 Å². The fourth-order valence-corrected chi connectivity index (χ4v) is 5.50. The van der Waals surface area contributed by atoms with E-state index in [1.807, 2.05) is 0 Å². The Morgan fingerprint density at radius 3 is 0.727 bits per heavy atom. The van der Waals surface area contributed by atoms with E-state index in [1.165, 1.54) is 180 Å². The van der Waals surface area contributed by atoms with Gasteiger partial charge in [0.1, 0.15) is 0 Å². The molecule has 0 spiro atoms. The van der Waals surface area contributed by atoms with Crippen LogP contribution in [0.15, 0.2) is 0 Å². The second kappa shape index (κ2) is 44.1. The Kier molecular flexibility index (Phi) is 54.0. The molecule has 0 radical (unpaired) electrons. The van der Waals surface area contributed by atoms with Gasteiger partial charge < -0.3 is 13.8 Å². The quantitative estimate of drug-likeness (QED) is 0.0378. The van der Waals surface area contributed by atoms with Crippen molar-refractivity contribution in [2.45, 2.75) is 207 Å². The molecule has 0 aliphatic rings. The molecule has 0 N–H and O–H groups in total. The van der Waals surface area contributed by atoms with Crippen LogP contribution in [0.4, 0.5) is 0 Å². The maximum Gasteiger partial charge on any atom is 1.00 e. The minimum Gasteiger partial charge on any atom is -0.759 e. The summed E-state index contributed by atoms with van der Waals surface area (Å²) in [5.41, 5.74) is 0. The molecule has 44 heavy (non-hydrogen) atoms. The van der Waals surface area contributed by atoms with Crippen molar-refractivity contribution >= 4 is 10.4 Å². The average molecular weight is 697 g/mol. The minimum atomic E-state index is -5.17. The van der Waals surface area contributed by atoms with Crippen LogP contribution in [0.2, 0.25) is 0 Å². The largest absolute Gasteiger partial charge is 1.00 e. The summed E-state index contributed by atoms with van der Waals surface area (Å²) >= 11 is 0. The number of unbranched alkanes of at least 4 members (excludes halogenated alkanes) is 24. The summed E-state index contributed by atoms with van der Waals surface area (Å²) in [5, 5.41) is 0. The van der Waals surface area contributed by atoms with Crippen LogP contribution < -0.4 is 103 Å². The zero-order chi connectivity index (χ0) is 31.6. The SMILES string of the molecule is CC(C)CCCCCCCCCCCCCCCOCCCCCCCCCCCCCCCC(C)C.O=S(=O)([O-])[O-].[K+].[K+]. The summed E-state index contributed by atoms with van der Waals surface area (Å²) in [5.74, 6) is 1.78. The van der Waals surface area contributed by atoms with E-state index >= 15 is 0 Å². The van der Waals surface area contributed by atoms with Gasteiger partial charge in [0.05, 0.1) is 0 Å². The summed E-state index contributed by atoms with van der Waals surface area (Å²) in [6.07, 6.45) is 40.2. The second-order valence-electron chi connectivity index (χ2n) is 13.6. The van der Waals surface area contributed by atoms with Crippen molar-refractivity contribution in [2.24, 2.45) is 11.8 Å². The summed E-state index contributed by atoms with van der Waals surface area (Å²) in [4.78, 5) is 0. The van der Waals surface area contributed by atoms with E-state index in [0.717, 1.165) is 25.0 Å². The number of hydrogen-bond donors (Lipinski definition) is 0. The predicted molar refractivity (Wildman–Crippen MR) is 180 cm³/mol.